The van der Waals surface area contributed by atoms with Crippen LogP contribution in [0.4, 0.5) is 11.4 Å². The number of ketones is 2. The number of amides is 1. The van der Waals surface area contributed by atoms with E-state index in [4.69, 9.17) is 23.2 Å². The second-order valence-corrected chi connectivity index (χ2v) is 12.1. The normalized spacial score (nSPS) is 25.1. The summed E-state index contributed by atoms with van der Waals surface area (Å²) >= 11 is 12.5. The first-order valence-corrected chi connectivity index (χ1v) is 13.3. The minimum Gasteiger partial charge on any atom is -0.352 e. The van der Waals surface area contributed by atoms with E-state index in [0.29, 0.717) is 21.3 Å². The van der Waals surface area contributed by atoms with Crippen LogP contribution in [-0.4, -0.2) is 29.6 Å². The van der Waals surface area contributed by atoms with Crippen molar-refractivity contribution in [1.82, 2.24) is 0 Å². The molecule has 1 amide bonds. The number of fused-ring (bicyclic) bond motifs is 6. The Labute approximate surface area is 231 Å². The average molecular weight is 545 g/mol. The van der Waals surface area contributed by atoms with Crippen molar-refractivity contribution in [1.29, 1.82) is 0 Å². The Morgan fingerprint density at radius 3 is 2.34 bits per heavy atom. The Balaban J connectivity index is 1.68. The highest BCUT2D eigenvalue weighted by Gasteiger charge is 2.70. The monoisotopic (exact) mass is 544 g/mol. The molecule has 3 aromatic carbocycles. The topological polar surface area (TPSA) is 66.5 Å². The van der Waals surface area contributed by atoms with E-state index in [1.165, 1.54) is 0 Å². The SMILES string of the molecule is CC(C)(C)C(=O)[C@H]1[C@H](C(=O)c2ccc(Cl)cc2)[C@]2(C(=O)Nc3ccccc32)[C@H]2C=Cc3cc(Cl)ccc3N12. The number of hydrogen-bond donors (Lipinski definition) is 1. The standard InChI is InChI=1S/C31H26Cl2N2O3/c1-30(2,3)28(37)26-25(27(36)17-8-11-19(32)12-9-17)31(21-6-4-5-7-22(21)34-29(31)38)24-15-10-18-16-20(33)13-14-23(18)35(24)26/h4-16,24-26H,1-3H3,(H,34,38)/t24-,25-,26-,31-/m1/s1. The predicted molar refractivity (Wildman–Crippen MR) is 151 cm³/mol. The maximum Gasteiger partial charge on any atom is 0.238 e. The molecular formula is C31H26Cl2N2O3. The van der Waals surface area contributed by atoms with Crippen molar-refractivity contribution in [3.05, 3.63) is 99.5 Å². The molecule has 0 unspecified atom stereocenters. The van der Waals surface area contributed by atoms with Crippen LogP contribution in [0.3, 0.4) is 0 Å². The molecule has 4 atom stereocenters. The molecule has 3 aliphatic rings. The molecule has 192 valence electrons. The van der Waals surface area contributed by atoms with Gasteiger partial charge < -0.3 is 10.2 Å². The summed E-state index contributed by atoms with van der Waals surface area (Å²) in [7, 11) is 0. The van der Waals surface area contributed by atoms with E-state index in [-0.39, 0.29) is 17.5 Å². The van der Waals surface area contributed by atoms with Crippen LogP contribution in [0.1, 0.15) is 42.3 Å². The molecular weight excluding hydrogens is 519 g/mol. The van der Waals surface area contributed by atoms with Gasteiger partial charge in [-0.2, -0.15) is 0 Å². The lowest BCUT2D eigenvalue weighted by Crippen LogP contribution is -2.51. The lowest BCUT2D eigenvalue weighted by Gasteiger charge is -2.38. The molecule has 0 saturated carbocycles. The molecule has 7 heteroatoms. The number of rotatable bonds is 3. The predicted octanol–water partition coefficient (Wildman–Crippen LogP) is 6.58. The number of carbonyl (C=O) groups excluding carboxylic acids is 3. The smallest absolute Gasteiger partial charge is 0.238 e. The van der Waals surface area contributed by atoms with E-state index in [0.717, 1.165) is 16.8 Å². The fourth-order valence-electron chi connectivity index (χ4n) is 6.39. The fourth-order valence-corrected chi connectivity index (χ4v) is 6.69. The number of anilines is 2. The van der Waals surface area contributed by atoms with Crippen LogP contribution in [0.2, 0.25) is 10.0 Å². The summed E-state index contributed by atoms with van der Waals surface area (Å²) in [5.74, 6) is -1.66. The number of para-hydroxylation sites is 1. The third-order valence-electron chi connectivity index (χ3n) is 8.01. The zero-order valence-electron chi connectivity index (χ0n) is 21.2. The Morgan fingerprint density at radius 1 is 0.947 bits per heavy atom. The van der Waals surface area contributed by atoms with Crippen molar-refractivity contribution >= 4 is 58.1 Å². The van der Waals surface area contributed by atoms with E-state index in [1.54, 1.807) is 30.3 Å². The van der Waals surface area contributed by atoms with Gasteiger partial charge in [-0.3, -0.25) is 14.4 Å². The first-order valence-electron chi connectivity index (χ1n) is 12.6. The number of nitrogens with one attached hydrogen (secondary N) is 1. The minimum atomic E-state index is -1.33. The molecule has 0 aliphatic carbocycles. The minimum absolute atomic E-state index is 0.111. The molecule has 0 bridgehead atoms. The van der Waals surface area contributed by atoms with Crippen molar-refractivity contribution in [2.45, 2.75) is 38.3 Å². The number of nitrogens with zero attached hydrogens (tertiary/aromatic N) is 1. The van der Waals surface area contributed by atoms with Crippen LogP contribution in [0.15, 0.2) is 72.8 Å². The lowest BCUT2D eigenvalue weighted by molar-refractivity contribution is -0.128. The summed E-state index contributed by atoms with van der Waals surface area (Å²) in [5, 5.41) is 4.10. The van der Waals surface area contributed by atoms with Gasteiger partial charge >= 0.3 is 0 Å². The highest BCUT2D eigenvalue weighted by Crippen LogP contribution is 2.58. The molecule has 1 saturated heterocycles. The summed E-state index contributed by atoms with van der Waals surface area (Å²) in [5.41, 5.74) is 1.29. The van der Waals surface area contributed by atoms with Crippen molar-refractivity contribution < 1.29 is 14.4 Å². The van der Waals surface area contributed by atoms with Gasteiger partial charge in [0, 0.05) is 32.4 Å². The number of hydrogen-bond acceptors (Lipinski definition) is 4. The van der Waals surface area contributed by atoms with E-state index >= 15 is 0 Å². The fraction of sp³-hybridized carbons (Fsp3) is 0.258. The van der Waals surface area contributed by atoms with Crippen molar-refractivity contribution in [2.75, 3.05) is 10.2 Å². The summed E-state index contributed by atoms with van der Waals surface area (Å²) in [6.07, 6.45) is 3.88. The molecule has 0 radical (unpaired) electrons. The van der Waals surface area contributed by atoms with Crippen molar-refractivity contribution in [2.24, 2.45) is 11.3 Å². The summed E-state index contributed by atoms with van der Waals surface area (Å²) in [6.45, 7) is 5.55. The molecule has 1 N–H and O–H groups in total. The van der Waals surface area contributed by atoms with Crippen LogP contribution in [-0.2, 0) is 15.0 Å². The highest BCUT2D eigenvalue weighted by molar-refractivity contribution is 6.31. The van der Waals surface area contributed by atoms with Crippen LogP contribution in [0.25, 0.3) is 6.08 Å². The van der Waals surface area contributed by atoms with Crippen LogP contribution < -0.4 is 10.2 Å². The maximum atomic E-state index is 14.6. The van der Waals surface area contributed by atoms with Crippen molar-refractivity contribution in [3.63, 3.8) is 0 Å². The van der Waals surface area contributed by atoms with Gasteiger partial charge in [-0.25, -0.2) is 0 Å². The van der Waals surface area contributed by atoms with Gasteiger partial charge in [0.05, 0.1) is 12.0 Å². The number of benzene rings is 3. The first kappa shape index (κ1) is 24.9. The van der Waals surface area contributed by atoms with Crippen LogP contribution >= 0.6 is 23.2 Å². The van der Waals surface area contributed by atoms with Gasteiger partial charge in [-0.15, -0.1) is 0 Å². The third kappa shape index (κ3) is 3.41. The molecule has 5 nitrogen and oxygen atoms in total. The molecule has 3 heterocycles. The Morgan fingerprint density at radius 2 is 1.63 bits per heavy atom. The molecule has 0 aromatic heterocycles. The summed E-state index contributed by atoms with van der Waals surface area (Å²) in [6, 6.07) is 18.1. The van der Waals surface area contributed by atoms with Crippen LogP contribution in [0.5, 0.6) is 0 Å². The molecule has 38 heavy (non-hydrogen) atoms. The molecule has 1 fully saturated rings. The second kappa shape index (κ2) is 8.55. The number of Topliss-reactive ketones (excluding diaryl/α,β-unsaturated/α-hetero) is 2. The van der Waals surface area contributed by atoms with Gasteiger partial charge in [0.2, 0.25) is 5.91 Å². The second-order valence-electron chi connectivity index (χ2n) is 11.2. The van der Waals surface area contributed by atoms with Crippen LogP contribution in [0, 0.1) is 11.3 Å². The Hall–Kier alpha value is -3.41. The van der Waals surface area contributed by atoms with Gasteiger partial charge in [0.25, 0.3) is 0 Å². The van der Waals surface area contributed by atoms with E-state index in [9.17, 15) is 14.4 Å². The summed E-state index contributed by atoms with van der Waals surface area (Å²) in [4.78, 5) is 45.1. The quantitative estimate of drug-likeness (QED) is 0.378. The zero-order valence-corrected chi connectivity index (χ0v) is 22.7. The highest BCUT2D eigenvalue weighted by atomic mass is 35.5. The maximum absolute atomic E-state index is 14.6. The summed E-state index contributed by atoms with van der Waals surface area (Å²) < 4.78 is 0. The Bertz CT molecular complexity index is 1540. The molecule has 1 spiro atoms. The Kier molecular flexibility index (Phi) is 5.60. The van der Waals surface area contributed by atoms with Gasteiger partial charge in [-0.1, -0.05) is 74.3 Å². The van der Waals surface area contributed by atoms with Crippen molar-refractivity contribution in [3.8, 4) is 0 Å². The molecule has 6 rings (SSSR count). The van der Waals surface area contributed by atoms with E-state index < -0.39 is 28.8 Å². The number of halogens is 2. The average Bonchev–Trinajstić information content (AvgIpc) is 3.35. The first-order chi connectivity index (χ1) is 18.0. The number of carbonyl (C=O) groups is 3. The largest absolute Gasteiger partial charge is 0.352 e. The third-order valence-corrected chi connectivity index (χ3v) is 8.50. The lowest BCUT2D eigenvalue weighted by atomic mass is 9.63. The molecule has 3 aromatic rings. The van der Waals surface area contributed by atoms with Gasteiger partial charge in [-0.05, 0) is 59.7 Å². The van der Waals surface area contributed by atoms with E-state index in [2.05, 4.69) is 5.32 Å². The molecule has 3 aliphatic heterocycles. The van der Waals surface area contributed by atoms with E-state index in [1.807, 2.05) is 74.2 Å². The van der Waals surface area contributed by atoms with Gasteiger partial charge in [0.15, 0.2) is 11.6 Å². The van der Waals surface area contributed by atoms with Gasteiger partial charge in [0.1, 0.15) is 11.5 Å². The zero-order chi connectivity index (χ0) is 27.0.